The van der Waals surface area contributed by atoms with Crippen molar-refractivity contribution < 1.29 is 14.3 Å². The van der Waals surface area contributed by atoms with Crippen molar-refractivity contribution in [1.29, 1.82) is 0 Å². The number of aromatic nitrogens is 2. The molecule has 0 radical (unpaired) electrons. The van der Waals surface area contributed by atoms with E-state index in [1.807, 2.05) is 42.5 Å². The Morgan fingerprint density at radius 2 is 1.68 bits per heavy atom. The van der Waals surface area contributed by atoms with Crippen LogP contribution in [0.1, 0.15) is 16.1 Å². The first kappa shape index (κ1) is 21.3. The van der Waals surface area contributed by atoms with Crippen LogP contribution in [0.25, 0.3) is 39.1 Å². The highest BCUT2D eigenvalue weighted by Gasteiger charge is 2.15. The summed E-state index contributed by atoms with van der Waals surface area (Å²) in [6.45, 7) is 0. The van der Waals surface area contributed by atoms with Crippen molar-refractivity contribution in [3.05, 3.63) is 90.1 Å². The third-order valence-electron chi connectivity index (χ3n) is 5.77. The predicted molar refractivity (Wildman–Crippen MR) is 136 cm³/mol. The third kappa shape index (κ3) is 3.86. The summed E-state index contributed by atoms with van der Waals surface area (Å²) in [6, 6.07) is 22.7. The summed E-state index contributed by atoms with van der Waals surface area (Å²) in [5.41, 5.74) is 11.1. The number of nitrogens with two attached hydrogens (primary N) is 1. The number of hydrogen-bond donors (Lipinski definition) is 2. The molecule has 5 aromatic rings. The summed E-state index contributed by atoms with van der Waals surface area (Å²) in [7, 11) is 3.21. The second-order valence-electron chi connectivity index (χ2n) is 7.88. The molecule has 6 heteroatoms. The summed E-state index contributed by atoms with van der Waals surface area (Å²) in [6.07, 6.45) is 3.27. The van der Waals surface area contributed by atoms with Crippen LogP contribution >= 0.6 is 0 Å². The average Bonchev–Trinajstić information content (AvgIpc) is 3.25. The first-order valence-corrected chi connectivity index (χ1v) is 10.8. The third-order valence-corrected chi connectivity index (χ3v) is 5.77. The number of aromatic amines is 1. The quantitative estimate of drug-likeness (QED) is 0.192. The van der Waals surface area contributed by atoms with Crippen LogP contribution in [0, 0.1) is 0 Å². The number of allylic oxidation sites excluding steroid dienone is 1. The van der Waals surface area contributed by atoms with Crippen LogP contribution < -0.4 is 15.2 Å². The number of nitrogens with one attached hydrogen (secondary N) is 1. The Morgan fingerprint density at radius 3 is 2.44 bits per heavy atom. The average molecular weight is 450 g/mol. The Kier molecular flexibility index (Phi) is 5.47. The maximum absolute atomic E-state index is 12.7. The minimum atomic E-state index is -0.117. The number of benzene rings is 3. The van der Waals surface area contributed by atoms with E-state index in [9.17, 15) is 4.79 Å². The van der Waals surface area contributed by atoms with Gasteiger partial charge in [0, 0.05) is 33.1 Å². The molecule has 34 heavy (non-hydrogen) atoms. The molecule has 0 saturated carbocycles. The molecule has 168 valence electrons. The van der Waals surface area contributed by atoms with Gasteiger partial charge in [0.2, 0.25) is 0 Å². The van der Waals surface area contributed by atoms with Crippen molar-refractivity contribution in [2.45, 2.75) is 0 Å². The van der Waals surface area contributed by atoms with Crippen LogP contribution in [-0.4, -0.2) is 30.0 Å². The van der Waals surface area contributed by atoms with Crippen molar-refractivity contribution in [1.82, 2.24) is 9.97 Å². The van der Waals surface area contributed by atoms with Gasteiger partial charge in [0.15, 0.2) is 17.3 Å². The Hall–Kier alpha value is -4.58. The highest BCUT2D eigenvalue weighted by molar-refractivity contribution is 6.12. The summed E-state index contributed by atoms with van der Waals surface area (Å²) in [5, 5.41) is 2.11. The molecule has 3 aromatic carbocycles. The van der Waals surface area contributed by atoms with E-state index in [-0.39, 0.29) is 5.78 Å². The summed E-state index contributed by atoms with van der Waals surface area (Å²) >= 11 is 0. The van der Waals surface area contributed by atoms with Crippen LogP contribution in [0.15, 0.2) is 78.9 Å². The lowest BCUT2D eigenvalue weighted by molar-refractivity contribution is 0.104. The van der Waals surface area contributed by atoms with Gasteiger partial charge in [-0.05, 0) is 66.7 Å². The lowest BCUT2D eigenvalue weighted by Gasteiger charge is -2.10. The number of hydrogen-bond acceptors (Lipinski definition) is 5. The lowest BCUT2D eigenvalue weighted by Crippen LogP contribution is -1.96. The smallest absolute Gasteiger partial charge is 0.185 e. The molecule has 0 fully saturated rings. The molecule has 0 amide bonds. The number of pyridine rings is 1. The molecule has 0 spiro atoms. The van der Waals surface area contributed by atoms with E-state index in [4.69, 9.17) is 20.2 Å². The number of fused-ring (bicyclic) bond motifs is 3. The van der Waals surface area contributed by atoms with Gasteiger partial charge in [-0.15, -0.1) is 0 Å². The molecule has 0 aliphatic rings. The van der Waals surface area contributed by atoms with Crippen molar-refractivity contribution >= 4 is 39.4 Å². The van der Waals surface area contributed by atoms with Gasteiger partial charge in [0.1, 0.15) is 0 Å². The monoisotopic (exact) mass is 449 g/mol. The lowest BCUT2D eigenvalue weighted by atomic mass is 10.1. The van der Waals surface area contributed by atoms with Gasteiger partial charge in [-0.1, -0.05) is 18.2 Å². The zero-order valence-corrected chi connectivity index (χ0v) is 18.8. The molecule has 3 N–H and O–H groups in total. The van der Waals surface area contributed by atoms with Crippen LogP contribution in [0.4, 0.5) is 5.69 Å². The Bertz CT molecular complexity index is 1550. The summed E-state index contributed by atoms with van der Waals surface area (Å²) in [4.78, 5) is 21.1. The Labute approximate surface area is 196 Å². The fourth-order valence-corrected chi connectivity index (χ4v) is 4.05. The number of carbonyl (C=O) groups excluding carboxylic acids is 1. The van der Waals surface area contributed by atoms with Crippen LogP contribution in [0.2, 0.25) is 0 Å². The van der Waals surface area contributed by atoms with E-state index in [2.05, 4.69) is 11.1 Å². The molecule has 0 atom stereocenters. The van der Waals surface area contributed by atoms with Gasteiger partial charge in [-0.3, -0.25) is 4.79 Å². The molecular weight excluding hydrogens is 426 g/mol. The van der Waals surface area contributed by atoms with Crippen LogP contribution in [0.5, 0.6) is 11.5 Å². The van der Waals surface area contributed by atoms with Crippen molar-refractivity contribution in [3.8, 4) is 22.8 Å². The van der Waals surface area contributed by atoms with E-state index in [0.29, 0.717) is 28.4 Å². The number of carbonyl (C=O) groups is 1. The Morgan fingerprint density at radius 1 is 0.912 bits per heavy atom. The molecule has 6 nitrogen and oxygen atoms in total. The highest BCUT2D eigenvalue weighted by Crippen LogP contribution is 2.36. The molecule has 0 bridgehead atoms. The standard InChI is InChI=1S/C28H23N3O3/c1-33-25-14-9-18(15-26(25)34-2)27-28-22(21-5-3-4-6-23(21)31-28)16-20(30-27)12-13-24(32)17-7-10-19(29)11-8-17/h3-16,31H,29H2,1-2H3/b13-12+. The number of H-pyrrole nitrogens is 1. The van der Waals surface area contributed by atoms with Crippen molar-refractivity contribution in [2.24, 2.45) is 0 Å². The SMILES string of the molecule is COc1ccc(-c2nc(/C=C/C(=O)c3ccc(N)cc3)cc3c2[nH]c2ccccc23)cc1OC. The molecule has 2 heterocycles. The first-order valence-electron chi connectivity index (χ1n) is 10.8. The van der Waals surface area contributed by atoms with Gasteiger partial charge in [0.25, 0.3) is 0 Å². The minimum Gasteiger partial charge on any atom is -0.493 e. The molecule has 5 rings (SSSR count). The van der Waals surface area contributed by atoms with Crippen LogP contribution in [-0.2, 0) is 0 Å². The molecule has 0 saturated heterocycles. The Balaban J connectivity index is 1.65. The highest BCUT2D eigenvalue weighted by atomic mass is 16.5. The predicted octanol–water partition coefficient (Wildman–Crippen LogP) is 5.88. The van der Waals surface area contributed by atoms with E-state index in [1.54, 1.807) is 44.6 Å². The number of nitrogens with zero attached hydrogens (tertiary/aromatic N) is 1. The van der Waals surface area contributed by atoms with Gasteiger partial charge in [-0.25, -0.2) is 4.98 Å². The van der Waals surface area contributed by atoms with Gasteiger partial charge in [0.05, 0.1) is 31.1 Å². The zero-order chi connectivity index (χ0) is 23.7. The molecular formula is C28H23N3O3. The van der Waals surface area contributed by atoms with Crippen molar-refractivity contribution in [3.63, 3.8) is 0 Å². The maximum Gasteiger partial charge on any atom is 0.185 e. The van der Waals surface area contributed by atoms with Gasteiger partial charge >= 0.3 is 0 Å². The number of methoxy groups -OCH3 is 2. The molecule has 0 unspecified atom stereocenters. The number of ketones is 1. The van der Waals surface area contributed by atoms with E-state index < -0.39 is 0 Å². The van der Waals surface area contributed by atoms with E-state index in [1.165, 1.54) is 6.08 Å². The van der Waals surface area contributed by atoms with Crippen LogP contribution in [0.3, 0.4) is 0 Å². The number of anilines is 1. The number of ether oxygens (including phenoxy) is 2. The van der Waals surface area contributed by atoms with E-state index >= 15 is 0 Å². The summed E-state index contributed by atoms with van der Waals surface area (Å²) in [5.74, 6) is 1.14. The van der Waals surface area contributed by atoms with Gasteiger partial charge in [-0.2, -0.15) is 0 Å². The second-order valence-corrected chi connectivity index (χ2v) is 7.88. The maximum atomic E-state index is 12.7. The number of nitrogen functional groups attached to an aromatic ring is 1. The van der Waals surface area contributed by atoms with E-state index in [0.717, 1.165) is 33.1 Å². The normalized spacial score (nSPS) is 11.4. The second kappa shape index (κ2) is 8.75. The first-order chi connectivity index (χ1) is 16.6. The van der Waals surface area contributed by atoms with Gasteiger partial charge < -0.3 is 20.2 Å². The fourth-order valence-electron chi connectivity index (χ4n) is 4.05. The zero-order valence-electron chi connectivity index (χ0n) is 18.8. The van der Waals surface area contributed by atoms with Crippen molar-refractivity contribution in [2.75, 3.05) is 20.0 Å². The minimum absolute atomic E-state index is 0.117. The number of para-hydroxylation sites is 1. The molecule has 0 aliphatic heterocycles. The largest absolute Gasteiger partial charge is 0.493 e. The number of rotatable bonds is 6. The molecule has 2 aromatic heterocycles. The fraction of sp³-hybridized carbons (Fsp3) is 0.0714. The summed E-state index contributed by atoms with van der Waals surface area (Å²) < 4.78 is 10.9. The molecule has 0 aliphatic carbocycles. The topological polar surface area (TPSA) is 90.2 Å².